The van der Waals surface area contributed by atoms with Gasteiger partial charge in [0.1, 0.15) is 12.4 Å². The van der Waals surface area contributed by atoms with Crippen LogP contribution in [0.25, 0.3) is 0 Å². The van der Waals surface area contributed by atoms with Crippen molar-refractivity contribution in [3.05, 3.63) is 39.6 Å². The average molecular weight is 382 g/mol. The molecule has 1 heterocycles. The van der Waals surface area contributed by atoms with E-state index in [1.165, 1.54) is 18.3 Å². The summed E-state index contributed by atoms with van der Waals surface area (Å²) in [6.45, 7) is -2.88. The highest BCUT2D eigenvalue weighted by Crippen LogP contribution is 2.26. The second-order valence-electron chi connectivity index (χ2n) is 3.46. The maximum atomic E-state index is 12.3. The zero-order valence-electron chi connectivity index (χ0n) is 9.46. The van der Waals surface area contributed by atoms with E-state index in [0.29, 0.717) is 10.4 Å². The molecule has 2 aromatic rings. The summed E-state index contributed by atoms with van der Waals surface area (Å²) < 4.78 is 35.0. The van der Waals surface area contributed by atoms with Crippen LogP contribution in [0.2, 0.25) is 0 Å². The van der Waals surface area contributed by atoms with Crippen molar-refractivity contribution in [2.75, 3.05) is 0 Å². The van der Waals surface area contributed by atoms with Gasteiger partial charge in [-0.05, 0) is 34.7 Å². The van der Waals surface area contributed by atoms with Gasteiger partial charge in [-0.2, -0.15) is 8.78 Å². The van der Waals surface area contributed by atoms with E-state index in [1.54, 1.807) is 12.1 Å². The first-order valence-corrected chi connectivity index (χ1v) is 6.24. The molecule has 19 heavy (non-hydrogen) atoms. The zero-order valence-corrected chi connectivity index (χ0v) is 11.6. The van der Waals surface area contributed by atoms with Crippen LogP contribution in [0, 0.1) is 3.57 Å². The number of aromatic nitrogens is 2. The summed E-state index contributed by atoms with van der Waals surface area (Å²) in [7, 11) is 0. The van der Waals surface area contributed by atoms with Crippen molar-refractivity contribution in [1.29, 1.82) is 0 Å². The lowest BCUT2D eigenvalue weighted by atomic mass is 10.2. The molecule has 5 nitrogen and oxygen atoms in total. The van der Waals surface area contributed by atoms with E-state index in [-0.39, 0.29) is 18.2 Å². The van der Waals surface area contributed by atoms with Crippen LogP contribution in [0.5, 0.6) is 11.6 Å². The molecule has 1 aromatic heterocycles. The summed E-state index contributed by atoms with van der Waals surface area (Å²) in [5.41, 5.74) is 0.496. The SMILES string of the molecule is On1ccc(OCc2c(I)cccc2OC(F)F)n1. The molecule has 0 unspecified atom stereocenters. The van der Waals surface area contributed by atoms with Crippen LogP contribution in [0.4, 0.5) is 8.78 Å². The lowest BCUT2D eigenvalue weighted by Gasteiger charge is -2.12. The van der Waals surface area contributed by atoms with Gasteiger partial charge in [0.2, 0.25) is 5.88 Å². The van der Waals surface area contributed by atoms with Gasteiger partial charge in [-0.25, -0.2) is 0 Å². The third-order valence-electron chi connectivity index (χ3n) is 2.21. The minimum Gasteiger partial charge on any atom is -0.471 e. The molecule has 0 aliphatic carbocycles. The number of rotatable bonds is 5. The van der Waals surface area contributed by atoms with Gasteiger partial charge in [0.15, 0.2) is 0 Å². The Labute approximate surface area is 120 Å². The molecule has 0 fully saturated rings. The number of ether oxygens (including phenoxy) is 2. The summed E-state index contributed by atoms with van der Waals surface area (Å²) in [6, 6.07) is 6.26. The molecule has 0 spiro atoms. The van der Waals surface area contributed by atoms with Crippen LogP contribution < -0.4 is 9.47 Å². The summed E-state index contributed by atoms with van der Waals surface area (Å²) in [4.78, 5) is 0.599. The molecule has 0 saturated heterocycles. The van der Waals surface area contributed by atoms with Crippen molar-refractivity contribution in [2.45, 2.75) is 13.2 Å². The molecule has 0 radical (unpaired) electrons. The minimum atomic E-state index is -2.89. The molecule has 1 N–H and O–H groups in total. The number of nitrogens with zero attached hydrogens (tertiary/aromatic N) is 2. The van der Waals surface area contributed by atoms with Gasteiger partial charge in [-0.1, -0.05) is 11.2 Å². The third-order valence-corrected chi connectivity index (χ3v) is 3.22. The molecule has 0 aliphatic rings. The number of halogens is 3. The summed E-state index contributed by atoms with van der Waals surface area (Å²) in [5.74, 6) is 0.246. The fourth-order valence-electron chi connectivity index (χ4n) is 1.41. The van der Waals surface area contributed by atoms with Crippen molar-refractivity contribution in [1.82, 2.24) is 9.94 Å². The summed E-state index contributed by atoms with van der Waals surface area (Å²) in [5, 5.41) is 12.6. The molecule has 1 aromatic carbocycles. The molecular formula is C11H9F2IN2O3. The Kier molecular flexibility index (Phi) is 4.40. The van der Waals surface area contributed by atoms with Crippen LogP contribution in [-0.2, 0) is 6.61 Å². The third kappa shape index (κ3) is 3.69. The number of benzene rings is 1. The quantitative estimate of drug-likeness (QED) is 0.639. The van der Waals surface area contributed by atoms with E-state index in [0.717, 1.165) is 3.57 Å². The van der Waals surface area contributed by atoms with Crippen LogP contribution in [0.15, 0.2) is 30.5 Å². The van der Waals surface area contributed by atoms with Gasteiger partial charge in [-0.15, -0.1) is 4.85 Å². The maximum Gasteiger partial charge on any atom is 0.387 e. The van der Waals surface area contributed by atoms with Crippen molar-refractivity contribution < 1.29 is 23.5 Å². The van der Waals surface area contributed by atoms with Gasteiger partial charge < -0.3 is 14.7 Å². The monoisotopic (exact) mass is 382 g/mol. The second kappa shape index (κ2) is 6.04. The molecule has 102 valence electrons. The molecular weight excluding hydrogens is 373 g/mol. The van der Waals surface area contributed by atoms with Crippen LogP contribution in [0.3, 0.4) is 0 Å². The Bertz CT molecular complexity index is 563. The lowest BCUT2D eigenvalue weighted by molar-refractivity contribution is -0.0509. The van der Waals surface area contributed by atoms with Crippen LogP contribution in [-0.4, -0.2) is 21.8 Å². The minimum absolute atomic E-state index is 0.0121. The molecule has 8 heteroatoms. The first-order valence-electron chi connectivity index (χ1n) is 5.16. The fourth-order valence-corrected chi connectivity index (χ4v) is 2.04. The molecule has 0 saturated carbocycles. The van der Waals surface area contributed by atoms with Gasteiger partial charge >= 0.3 is 6.61 Å². The predicted octanol–water partition coefficient (Wildman–Crippen LogP) is 2.91. The largest absolute Gasteiger partial charge is 0.471 e. The fraction of sp³-hybridized carbons (Fsp3) is 0.182. The molecule has 0 atom stereocenters. The lowest BCUT2D eigenvalue weighted by Crippen LogP contribution is -2.07. The van der Waals surface area contributed by atoms with Crippen molar-refractivity contribution in [3.63, 3.8) is 0 Å². The highest BCUT2D eigenvalue weighted by molar-refractivity contribution is 14.1. The smallest absolute Gasteiger partial charge is 0.387 e. The Hall–Kier alpha value is -1.58. The maximum absolute atomic E-state index is 12.3. The van der Waals surface area contributed by atoms with Crippen molar-refractivity contribution >= 4 is 22.6 Å². The number of hydrogen-bond acceptors (Lipinski definition) is 4. The molecule has 0 bridgehead atoms. The molecule has 0 amide bonds. The van der Waals surface area contributed by atoms with Gasteiger partial charge in [-0.3, -0.25) is 0 Å². The Morgan fingerprint density at radius 1 is 1.37 bits per heavy atom. The Morgan fingerprint density at radius 2 is 2.16 bits per heavy atom. The summed E-state index contributed by atoms with van der Waals surface area (Å²) in [6.07, 6.45) is 1.29. The van der Waals surface area contributed by atoms with Crippen molar-refractivity contribution in [2.24, 2.45) is 0 Å². The zero-order chi connectivity index (χ0) is 13.8. The average Bonchev–Trinajstić information content (AvgIpc) is 2.73. The van der Waals surface area contributed by atoms with E-state index < -0.39 is 6.61 Å². The Morgan fingerprint density at radius 3 is 2.79 bits per heavy atom. The van der Waals surface area contributed by atoms with E-state index in [9.17, 15) is 8.78 Å². The topological polar surface area (TPSA) is 56.5 Å². The van der Waals surface area contributed by atoms with Gasteiger partial charge in [0.05, 0.1) is 6.20 Å². The first-order chi connectivity index (χ1) is 9.06. The van der Waals surface area contributed by atoms with E-state index in [2.05, 4.69) is 9.84 Å². The normalized spacial score (nSPS) is 10.7. The van der Waals surface area contributed by atoms with E-state index in [1.807, 2.05) is 22.6 Å². The second-order valence-corrected chi connectivity index (χ2v) is 4.62. The van der Waals surface area contributed by atoms with Gasteiger partial charge in [0, 0.05) is 15.2 Å². The highest BCUT2D eigenvalue weighted by Gasteiger charge is 2.13. The van der Waals surface area contributed by atoms with E-state index in [4.69, 9.17) is 9.94 Å². The summed E-state index contributed by atoms with van der Waals surface area (Å²) >= 11 is 2.00. The Balaban J connectivity index is 2.14. The first kappa shape index (κ1) is 13.8. The van der Waals surface area contributed by atoms with E-state index >= 15 is 0 Å². The molecule has 2 rings (SSSR count). The van der Waals surface area contributed by atoms with Crippen LogP contribution >= 0.6 is 22.6 Å². The highest BCUT2D eigenvalue weighted by atomic mass is 127. The van der Waals surface area contributed by atoms with Gasteiger partial charge in [0.25, 0.3) is 0 Å². The molecule has 0 aliphatic heterocycles. The number of alkyl halides is 2. The van der Waals surface area contributed by atoms with Crippen LogP contribution in [0.1, 0.15) is 5.56 Å². The standard InChI is InChI=1S/C11H9F2IN2O3/c12-11(13)19-9-3-1-2-8(14)7(9)6-18-10-4-5-16(17)15-10/h1-5,11,17H,6H2. The number of hydrogen-bond donors (Lipinski definition) is 1. The van der Waals surface area contributed by atoms with Crippen molar-refractivity contribution in [3.8, 4) is 11.6 Å². The predicted molar refractivity (Wildman–Crippen MR) is 69.5 cm³/mol.